The van der Waals surface area contributed by atoms with Gasteiger partial charge in [0.25, 0.3) is 5.91 Å². The molecule has 2 aliphatic heterocycles. The van der Waals surface area contributed by atoms with Gasteiger partial charge in [-0.25, -0.2) is 4.79 Å². The topological polar surface area (TPSA) is 102 Å². The van der Waals surface area contributed by atoms with Crippen LogP contribution in [0.1, 0.15) is 54.1 Å². The van der Waals surface area contributed by atoms with E-state index < -0.39 is 37.9 Å². The molecule has 3 aromatic rings. The highest BCUT2D eigenvalue weighted by molar-refractivity contribution is 7.91. The second-order valence-corrected chi connectivity index (χ2v) is 14.1. The number of nitrogens with zero attached hydrogens (tertiary/aromatic N) is 1. The Morgan fingerprint density at radius 1 is 1.07 bits per heavy atom. The van der Waals surface area contributed by atoms with E-state index in [1.807, 2.05) is 12.1 Å². The van der Waals surface area contributed by atoms with Crippen LogP contribution in [0.5, 0.6) is 5.75 Å². The van der Waals surface area contributed by atoms with Crippen molar-refractivity contribution in [3.8, 4) is 5.75 Å². The maximum Gasteiger partial charge on any atom is 0.387 e. The minimum Gasteiger partial charge on any atom is -0.435 e. The molecule has 0 radical (unpaired) electrons. The second kappa shape index (κ2) is 11.5. The maximum absolute atomic E-state index is 14.9. The molecule has 232 valence electrons. The molecule has 0 aromatic heterocycles. The molecule has 6 rings (SSSR count). The summed E-state index contributed by atoms with van der Waals surface area (Å²) in [5, 5.41) is 6.79. The molecule has 2 unspecified atom stereocenters. The first-order chi connectivity index (χ1) is 21.0. The lowest BCUT2D eigenvalue weighted by atomic mass is 9.68. The quantitative estimate of drug-likeness (QED) is 0.313. The van der Waals surface area contributed by atoms with Gasteiger partial charge in [-0.3, -0.25) is 4.79 Å². The Morgan fingerprint density at radius 2 is 1.80 bits per heavy atom. The molecule has 1 aliphatic carbocycles. The van der Waals surface area contributed by atoms with Crippen molar-refractivity contribution in [1.29, 1.82) is 0 Å². The van der Waals surface area contributed by atoms with Gasteiger partial charge < -0.3 is 15.4 Å². The van der Waals surface area contributed by atoms with E-state index in [9.17, 15) is 26.8 Å². The molecule has 2 atom stereocenters. The largest absolute Gasteiger partial charge is 0.435 e. The minimum absolute atomic E-state index is 0.0582. The van der Waals surface area contributed by atoms with Crippen molar-refractivity contribution < 1.29 is 31.5 Å². The number of hydrogen-bond acceptors (Lipinski definition) is 6. The van der Waals surface area contributed by atoms with E-state index in [0.29, 0.717) is 47.8 Å². The molecule has 1 saturated heterocycles. The average molecular weight is 645 g/mol. The highest BCUT2D eigenvalue weighted by Gasteiger charge is 2.73. The monoisotopic (exact) mass is 644 g/mol. The predicted octanol–water partition coefficient (Wildman–Crippen LogP) is 5.53. The number of nitrogens with one attached hydrogen (secondary N) is 2. The van der Waals surface area contributed by atoms with Gasteiger partial charge in [-0.05, 0) is 74.7 Å². The zero-order valence-corrected chi connectivity index (χ0v) is 25.6. The normalized spacial score (nSPS) is 22.5. The highest BCUT2D eigenvalue weighted by atomic mass is 35.5. The van der Waals surface area contributed by atoms with Crippen molar-refractivity contribution >= 4 is 39.1 Å². The first kappa shape index (κ1) is 30.6. The Kier molecular flexibility index (Phi) is 8.02. The van der Waals surface area contributed by atoms with E-state index in [1.54, 1.807) is 30.3 Å². The molecule has 44 heavy (non-hydrogen) atoms. The number of piperidine rings is 1. The smallest absolute Gasteiger partial charge is 0.387 e. The van der Waals surface area contributed by atoms with Crippen LogP contribution in [0.4, 0.5) is 14.5 Å². The number of quaternary nitrogens is 1. The summed E-state index contributed by atoms with van der Waals surface area (Å²) in [6.45, 7) is -0.437. The molecule has 3 aliphatic rings. The van der Waals surface area contributed by atoms with Crippen LogP contribution in [0.15, 0.2) is 71.6 Å². The number of benzene rings is 3. The van der Waals surface area contributed by atoms with Gasteiger partial charge in [-0.15, -0.1) is 3.89 Å². The van der Waals surface area contributed by atoms with Gasteiger partial charge in [-0.1, -0.05) is 35.9 Å². The van der Waals surface area contributed by atoms with Gasteiger partial charge in [0.05, 0.1) is 12.3 Å². The SMILES string of the molecule is CC(=O)[N+]1(S(=O)(=O)c2cccc(OC(F)F)c2)c2ccc(C(=O)NCc3ccccc3Cl)cc2C2(CCNCC2)C1C1CC1. The maximum atomic E-state index is 14.9. The summed E-state index contributed by atoms with van der Waals surface area (Å²) in [7, 11) is -4.56. The lowest BCUT2D eigenvalue weighted by Crippen LogP contribution is -2.67. The lowest BCUT2D eigenvalue weighted by molar-refractivity contribution is -0.126. The minimum atomic E-state index is -4.56. The molecule has 2 heterocycles. The molecule has 3 aromatic carbocycles. The van der Waals surface area contributed by atoms with Gasteiger partial charge in [0, 0.05) is 40.7 Å². The van der Waals surface area contributed by atoms with Crippen LogP contribution in [0, 0.1) is 5.92 Å². The number of alkyl halides is 2. The van der Waals surface area contributed by atoms with Crippen molar-refractivity contribution in [3.05, 3.63) is 88.4 Å². The number of carbonyl (C=O) groups excluding carboxylic acids is 2. The van der Waals surface area contributed by atoms with Gasteiger partial charge in [0.15, 0.2) is 5.69 Å². The summed E-state index contributed by atoms with van der Waals surface area (Å²) < 4.78 is 59.4. The Labute approximate surface area is 260 Å². The first-order valence-corrected chi connectivity index (χ1v) is 16.4. The number of carbonyl (C=O) groups is 2. The summed E-state index contributed by atoms with van der Waals surface area (Å²) in [6, 6.07) is 16.4. The van der Waals surface area contributed by atoms with E-state index in [4.69, 9.17) is 11.6 Å². The molecule has 1 saturated carbocycles. The van der Waals surface area contributed by atoms with Crippen LogP contribution in [0.3, 0.4) is 0 Å². The van der Waals surface area contributed by atoms with Gasteiger partial charge >= 0.3 is 22.5 Å². The molecule has 8 nitrogen and oxygen atoms in total. The summed E-state index contributed by atoms with van der Waals surface area (Å²) in [4.78, 5) is 27.2. The number of fused-ring (bicyclic) bond motifs is 2. The summed E-state index contributed by atoms with van der Waals surface area (Å²) in [5.41, 5.74) is 1.36. The number of halogens is 3. The van der Waals surface area contributed by atoms with Crippen molar-refractivity contribution in [3.63, 3.8) is 0 Å². The summed E-state index contributed by atoms with van der Waals surface area (Å²) in [5.74, 6) is -1.31. The molecule has 2 amide bonds. The third-order valence-corrected chi connectivity index (χ3v) is 11.9. The third kappa shape index (κ3) is 4.90. The van der Waals surface area contributed by atoms with E-state index in [-0.39, 0.29) is 29.0 Å². The van der Waals surface area contributed by atoms with Crippen LogP contribution < -0.4 is 19.3 Å². The number of hydrogen-bond donors (Lipinski definition) is 2. The van der Waals surface area contributed by atoms with Crippen LogP contribution >= 0.6 is 11.6 Å². The summed E-state index contributed by atoms with van der Waals surface area (Å²) >= 11 is 6.28. The van der Waals surface area contributed by atoms with Crippen LogP contribution in [-0.4, -0.2) is 46.0 Å². The Morgan fingerprint density at radius 3 is 2.45 bits per heavy atom. The Bertz CT molecular complexity index is 1730. The highest BCUT2D eigenvalue weighted by Crippen LogP contribution is 2.62. The summed E-state index contributed by atoms with van der Waals surface area (Å²) in [6.07, 6.45) is 2.67. The fraction of sp³-hybridized carbons (Fsp3) is 0.375. The van der Waals surface area contributed by atoms with Crippen molar-refractivity contribution in [2.75, 3.05) is 13.1 Å². The molecular weight excluding hydrogens is 612 g/mol. The van der Waals surface area contributed by atoms with Crippen LogP contribution in [-0.2, 0) is 26.8 Å². The van der Waals surface area contributed by atoms with Gasteiger partial charge in [0.1, 0.15) is 16.7 Å². The number of ether oxygens (including phenoxy) is 1. The third-order valence-electron chi connectivity index (χ3n) is 9.25. The number of sulfonamides is 1. The fourth-order valence-electron chi connectivity index (χ4n) is 7.33. The zero-order valence-electron chi connectivity index (χ0n) is 24.1. The molecular formula is C32H33ClF2N3O5S+. The standard InChI is InChI=1S/C32H32ClF2N3O5S/c1-20(39)38(44(41,42)25-7-4-6-24(18-25)43-31(34)35)28-12-11-22(30(40)37-19-23-5-2-3-8-27(23)33)17-26(28)32(13-15-36-16-14-32)29(38)21-9-10-21/h2-8,11-12,17-18,21,29,31,36H,9-10,13-16,19H2,1H3/p+1. The fourth-order valence-corrected chi connectivity index (χ4v) is 9.81. The van der Waals surface area contributed by atoms with Crippen molar-refractivity contribution in [2.24, 2.45) is 5.92 Å². The van der Waals surface area contributed by atoms with E-state index in [1.165, 1.54) is 25.1 Å². The molecule has 1 spiro atoms. The van der Waals surface area contributed by atoms with Crippen LogP contribution in [0.2, 0.25) is 5.02 Å². The predicted molar refractivity (Wildman–Crippen MR) is 162 cm³/mol. The average Bonchev–Trinajstić information content (AvgIpc) is 3.80. The van der Waals surface area contributed by atoms with Gasteiger partial charge in [-0.2, -0.15) is 17.2 Å². The second-order valence-electron chi connectivity index (χ2n) is 11.7. The van der Waals surface area contributed by atoms with Crippen LogP contribution in [0.25, 0.3) is 0 Å². The van der Waals surface area contributed by atoms with E-state index in [2.05, 4.69) is 15.4 Å². The van der Waals surface area contributed by atoms with Crippen molar-refractivity contribution in [2.45, 2.75) is 62.1 Å². The lowest BCUT2D eigenvalue weighted by Gasteiger charge is -2.43. The zero-order chi connectivity index (χ0) is 31.3. The Hall–Kier alpha value is -3.38. The molecule has 2 N–H and O–H groups in total. The van der Waals surface area contributed by atoms with E-state index in [0.717, 1.165) is 24.5 Å². The Balaban J connectivity index is 1.51. The molecule has 12 heteroatoms. The molecule has 2 fully saturated rings. The first-order valence-electron chi connectivity index (χ1n) is 14.6. The molecule has 0 bridgehead atoms. The number of rotatable bonds is 8. The van der Waals surface area contributed by atoms with E-state index >= 15 is 0 Å². The van der Waals surface area contributed by atoms with Crippen molar-refractivity contribution in [1.82, 2.24) is 14.5 Å². The number of amides is 2. The van der Waals surface area contributed by atoms with Gasteiger partial charge in [0.2, 0.25) is 0 Å².